The highest BCUT2D eigenvalue weighted by atomic mass is 16.3. The third kappa shape index (κ3) is 2.42. The maximum atomic E-state index is 12.7. The molecule has 0 saturated carbocycles. The fraction of sp³-hybridized carbons (Fsp3) is 0.167. The largest absolute Gasteiger partial charge is 0.508 e. The summed E-state index contributed by atoms with van der Waals surface area (Å²) in [4.78, 5) is 12.7. The van der Waals surface area contributed by atoms with Gasteiger partial charge in [-0.15, -0.1) is 0 Å². The number of fused-ring (bicyclic) bond motifs is 1. The highest BCUT2D eigenvalue weighted by molar-refractivity contribution is 5.83. The third-order valence-electron chi connectivity index (χ3n) is 3.58. The molecule has 3 aromatic rings. The average Bonchev–Trinajstić information content (AvgIpc) is 2.50. The Bertz CT molecular complexity index is 832. The van der Waals surface area contributed by atoms with Crippen LogP contribution >= 0.6 is 0 Å². The molecule has 0 aliphatic heterocycles. The Labute approximate surface area is 122 Å². The van der Waals surface area contributed by atoms with Crippen molar-refractivity contribution in [2.75, 3.05) is 0 Å². The van der Waals surface area contributed by atoms with Gasteiger partial charge in [-0.1, -0.05) is 43.7 Å². The Morgan fingerprint density at radius 3 is 2.62 bits per heavy atom. The Morgan fingerprint density at radius 2 is 1.90 bits per heavy atom. The minimum atomic E-state index is -0.0696. The number of hydrogen-bond donors (Lipinski definition) is 1. The van der Waals surface area contributed by atoms with E-state index in [-0.39, 0.29) is 11.2 Å². The first-order valence-electron chi connectivity index (χ1n) is 7.03. The quantitative estimate of drug-likeness (QED) is 0.785. The molecule has 0 radical (unpaired) electrons. The summed E-state index contributed by atoms with van der Waals surface area (Å²) in [6.07, 6.45) is 3.10. The van der Waals surface area contributed by atoms with Crippen LogP contribution in [0, 0.1) is 0 Å². The van der Waals surface area contributed by atoms with Crippen molar-refractivity contribution in [3.05, 3.63) is 64.5 Å². The molecule has 0 aliphatic rings. The summed E-state index contributed by atoms with van der Waals surface area (Å²) >= 11 is 0. The first-order chi connectivity index (χ1) is 10.2. The zero-order valence-corrected chi connectivity index (χ0v) is 11.8. The van der Waals surface area contributed by atoms with Gasteiger partial charge in [0.25, 0.3) is 0 Å². The van der Waals surface area contributed by atoms with Gasteiger partial charge in [-0.05, 0) is 23.6 Å². The average molecular weight is 280 g/mol. The predicted molar refractivity (Wildman–Crippen MR) is 83.6 cm³/mol. The Hall–Kier alpha value is -2.55. The Morgan fingerprint density at radius 1 is 1.14 bits per heavy atom. The summed E-state index contributed by atoms with van der Waals surface area (Å²) in [6, 6.07) is 12.7. The Balaban J connectivity index is 2.25. The molecule has 1 aromatic heterocycles. The molecule has 0 saturated heterocycles. The molecule has 21 heavy (non-hydrogen) atoms. The Kier molecular flexibility index (Phi) is 3.48. The molecule has 106 valence electrons. The van der Waals surface area contributed by atoms with Crippen molar-refractivity contribution in [3.63, 3.8) is 0 Å². The topological polar surface area (TPSA) is 50.4 Å². The molecule has 2 aromatic carbocycles. The van der Waals surface area contributed by atoms with Gasteiger partial charge in [0.2, 0.25) is 5.43 Å². The van der Waals surface area contributed by atoms with Gasteiger partial charge < -0.3 is 9.52 Å². The van der Waals surface area contributed by atoms with E-state index < -0.39 is 0 Å². The van der Waals surface area contributed by atoms with Gasteiger partial charge in [0.15, 0.2) is 0 Å². The van der Waals surface area contributed by atoms with E-state index in [0.29, 0.717) is 16.5 Å². The first kappa shape index (κ1) is 13.4. The second-order valence-corrected chi connectivity index (χ2v) is 5.07. The fourth-order valence-corrected chi connectivity index (χ4v) is 2.50. The molecule has 3 rings (SSSR count). The van der Waals surface area contributed by atoms with Crippen LogP contribution in [0.25, 0.3) is 22.1 Å². The van der Waals surface area contributed by atoms with Crippen LogP contribution in [0.1, 0.15) is 18.9 Å². The van der Waals surface area contributed by atoms with Crippen LogP contribution in [-0.4, -0.2) is 5.11 Å². The van der Waals surface area contributed by atoms with E-state index in [4.69, 9.17) is 4.42 Å². The molecule has 0 spiro atoms. The normalized spacial score (nSPS) is 10.9. The van der Waals surface area contributed by atoms with Gasteiger partial charge in [-0.25, -0.2) is 0 Å². The minimum Gasteiger partial charge on any atom is -0.508 e. The van der Waals surface area contributed by atoms with Crippen molar-refractivity contribution in [1.29, 1.82) is 0 Å². The number of rotatable bonds is 3. The lowest BCUT2D eigenvalue weighted by Gasteiger charge is -2.07. The number of aromatic hydroxyl groups is 1. The fourth-order valence-electron chi connectivity index (χ4n) is 2.50. The molecule has 0 fully saturated rings. The molecular formula is C18H16O3. The van der Waals surface area contributed by atoms with Gasteiger partial charge in [0.1, 0.15) is 17.6 Å². The van der Waals surface area contributed by atoms with E-state index >= 15 is 0 Å². The van der Waals surface area contributed by atoms with Crippen LogP contribution < -0.4 is 5.43 Å². The van der Waals surface area contributed by atoms with Gasteiger partial charge in [0.05, 0.1) is 10.9 Å². The van der Waals surface area contributed by atoms with Crippen molar-refractivity contribution < 1.29 is 9.52 Å². The molecule has 0 unspecified atom stereocenters. The van der Waals surface area contributed by atoms with Crippen molar-refractivity contribution in [2.45, 2.75) is 19.8 Å². The summed E-state index contributed by atoms with van der Waals surface area (Å²) in [5.74, 6) is 0.181. The molecule has 3 heteroatoms. The number of hydrogen-bond acceptors (Lipinski definition) is 3. The van der Waals surface area contributed by atoms with Crippen molar-refractivity contribution in [1.82, 2.24) is 0 Å². The molecule has 1 heterocycles. The second kappa shape index (κ2) is 5.44. The van der Waals surface area contributed by atoms with E-state index in [1.54, 1.807) is 6.07 Å². The number of benzene rings is 2. The maximum absolute atomic E-state index is 12.7. The van der Waals surface area contributed by atoms with E-state index in [9.17, 15) is 9.90 Å². The lowest BCUT2D eigenvalue weighted by molar-refractivity contribution is 0.466. The third-order valence-corrected chi connectivity index (χ3v) is 3.58. The molecule has 0 amide bonds. The van der Waals surface area contributed by atoms with Crippen LogP contribution in [0.15, 0.2) is 57.9 Å². The van der Waals surface area contributed by atoms with Crippen molar-refractivity contribution >= 4 is 11.0 Å². The SMILES string of the molecule is CCCc1cc2c(=O)c(-c3ccccc3)coc2cc1O. The van der Waals surface area contributed by atoms with Crippen molar-refractivity contribution in [2.24, 2.45) is 0 Å². The van der Waals surface area contributed by atoms with Crippen LogP contribution in [-0.2, 0) is 6.42 Å². The molecule has 1 N–H and O–H groups in total. The molecule has 0 aliphatic carbocycles. The van der Waals surface area contributed by atoms with Gasteiger partial charge >= 0.3 is 0 Å². The van der Waals surface area contributed by atoms with E-state index in [0.717, 1.165) is 24.0 Å². The number of phenolic OH excluding ortho intramolecular Hbond substituents is 1. The summed E-state index contributed by atoms with van der Waals surface area (Å²) in [7, 11) is 0. The molecule has 0 atom stereocenters. The van der Waals surface area contributed by atoms with Crippen molar-refractivity contribution in [3.8, 4) is 16.9 Å². The molecule has 3 nitrogen and oxygen atoms in total. The summed E-state index contributed by atoms with van der Waals surface area (Å²) in [5.41, 5.74) is 2.49. The van der Waals surface area contributed by atoms with Crippen LogP contribution in [0.4, 0.5) is 0 Å². The monoisotopic (exact) mass is 280 g/mol. The summed E-state index contributed by atoms with van der Waals surface area (Å²) in [5, 5.41) is 10.5. The predicted octanol–water partition coefficient (Wildman–Crippen LogP) is 4.12. The maximum Gasteiger partial charge on any atom is 0.200 e. The molecular weight excluding hydrogens is 264 g/mol. The van der Waals surface area contributed by atoms with E-state index in [2.05, 4.69) is 0 Å². The smallest absolute Gasteiger partial charge is 0.200 e. The zero-order chi connectivity index (χ0) is 14.8. The molecule has 0 bridgehead atoms. The second-order valence-electron chi connectivity index (χ2n) is 5.07. The van der Waals surface area contributed by atoms with Crippen LogP contribution in [0.5, 0.6) is 5.75 Å². The van der Waals surface area contributed by atoms with Crippen LogP contribution in [0.3, 0.4) is 0 Å². The van der Waals surface area contributed by atoms with Gasteiger partial charge in [-0.3, -0.25) is 4.79 Å². The summed E-state index contributed by atoms with van der Waals surface area (Å²) < 4.78 is 5.53. The standard InChI is InChI=1S/C18H16O3/c1-2-6-13-9-14-17(10-16(13)19)21-11-15(18(14)20)12-7-4-3-5-8-12/h3-5,7-11,19H,2,6H2,1H3. The van der Waals surface area contributed by atoms with Gasteiger partial charge in [0, 0.05) is 6.07 Å². The zero-order valence-electron chi connectivity index (χ0n) is 11.8. The number of aryl methyl sites for hydroxylation is 1. The minimum absolute atomic E-state index is 0.0696. The first-order valence-corrected chi connectivity index (χ1v) is 7.03. The number of phenols is 1. The lowest BCUT2D eigenvalue weighted by Crippen LogP contribution is -2.05. The summed E-state index contributed by atoms with van der Waals surface area (Å²) in [6.45, 7) is 2.03. The van der Waals surface area contributed by atoms with E-state index in [1.807, 2.05) is 37.3 Å². The van der Waals surface area contributed by atoms with E-state index in [1.165, 1.54) is 12.3 Å². The van der Waals surface area contributed by atoms with Crippen LogP contribution in [0.2, 0.25) is 0 Å². The highest BCUT2D eigenvalue weighted by Crippen LogP contribution is 2.26. The lowest BCUT2D eigenvalue weighted by atomic mass is 10.0. The highest BCUT2D eigenvalue weighted by Gasteiger charge is 2.12. The van der Waals surface area contributed by atoms with Gasteiger partial charge in [-0.2, -0.15) is 0 Å².